The molecule has 0 bridgehead atoms. The van der Waals surface area contributed by atoms with Crippen LogP contribution in [0.15, 0.2) is 58.4 Å². The Balaban J connectivity index is 1.56. The number of nitrogens with one attached hydrogen (secondary N) is 1. The largest absolute Gasteiger partial charge is 0.497 e. The van der Waals surface area contributed by atoms with Crippen molar-refractivity contribution in [1.82, 2.24) is 0 Å². The van der Waals surface area contributed by atoms with Crippen molar-refractivity contribution in [3.63, 3.8) is 0 Å². The van der Waals surface area contributed by atoms with Gasteiger partial charge < -0.3 is 14.8 Å². The second kappa shape index (κ2) is 9.48. The monoisotopic (exact) mass is 414 g/mol. The third-order valence-corrected chi connectivity index (χ3v) is 5.79. The van der Waals surface area contributed by atoms with Crippen LogP contribution in [0.4, 0.5) is 5.69 Å². The number of ether oxygens (including phenoxy) is 2. The van der Waals surface area contributed by atoms with Crippen LogP contribution in [0.1, 0.15) is 5.56 Å². The topological polar surface area (TPSA) is 77.0 Å². The number of carbonyl (C=O) groups is 2. The van der Waals surface area contributed by atoms with Crippen LogP contribution in [0.25, 0.3) is 6.08 Å². The van der Waals surface area contributed by atoms with E-state index < -0.39 is 0 Å². The van der Waals surface area contributed by atoms with E-state index in [0.717, 1.165) is 5.56 Å². The number of aliphatic imine (C=N–C) groups is 1. The number of hydrogen-bond acceptors (Lipinski definition) is 6. The van der Waals surface area contributed by atoms with Crippen LogP contribution in [0.2, 0.25) is 0 Å². The number of rotatable bonds is 6. The SMILES string of the molecule is COc1cc(NC(=O)CSC2=NC(=O)C(=Cc3ccccc3)S2)cc(OC)c1. The Bertz CT molecular complexity index is 920. The lowest BCUT2D eigenvalue weighted by Gasteiger charge is -2.09. The fourth-order valence-electron chi connectivity index (χ4n) is 2.36. The lowest BCUT2D eigenvalue weighted by Crippen LogP contribution is -2.14. The van der Waals surface area contributed by atoms with E-state index in [9.17, 15) is 9.59 Å². The average Bonchev–Trinajstić information content (AvgIpc) is 3.06. The van der Waals surface area contributed by atoms with E-state index in [1.54, 1.807) is 38.5 Å². The molecule has 3 rings (SSSR count). The minimum atomic E-state index is -0.283. The highest BCUT2D eigenvalue weighted by Crippen LogP contribution is 2.34. The van der Waals surface area contributed by atoms with E-state index in [-0.39, 0.29) is 17.6 Å². The summed E-state index contributed by atoms with van der Waals surface area (Å²) in [5.74, 6) is 0.807. The summed E-state index contributed by atoms with van der Waals surface area (Å²) in [6.07, 6.45) is 1.80. The summed E-state index contributed by atoms with van der Waals surface area (Å²) in [6.45, 7) is 0. The van der Waals surface area contributed by atoms with Gasteiger partial charge in [-0.15, -0.1) is 0 Å². The molecule has 144 valence electrons. The van der Waals surface area contributed by atoms with Crippen molar-refractivity contribution in [2.24, 2.45) is 4.99 Å². The van der Waals surface area contributed by atoms with Crippen molar-refractivity contribution in [3.05, 3.63) is 59.0 Å². The molecule has 0 aromatic heterocycles. The van der Waals surface area contributed by atoms with Crippen LogP contribution in [-0.4, -0.2) is 36.2 Å². The van der Waals surface area contributed by atoms with Crippen molar-refractivity contribution in [2.45, 2.75) is 0 Å². The number of thioether (sulfide) groups is 2. The molecule has 0 aliphatic carbocycles. The van der Waals surface area contributed by atoms with Crippen molar-refractivity contribution in [1.29, 1.82) is 0 Å². The number of hydrogen-bond donors (Lipinski definition) is 1. The van der Waals surface area contributed by atoms with Crippen LogP contribution >= 0.6 is 23.5 Å². The smallest absolute Gasteiger partial charge is 0.285 e. The van der Waals surface area contributed by atoms with E-state index in [0.29, 0.717) is 26.5 Å². The Hall–Kier alpha value is -2.71. The fourth-order valence-corrected chi connectivity index (χ4v) is 4.16. The van der Waals surface area contributed by atoms with Gasteiger partial charge in [0.25, 0.3) is 5.91 Å². The predicted octanol–water partition coefficient (Wildman–Crippen LogP) is 4.05. The molecule has 2 amide bonds. The fraction of sp³-hybridized carbons (Fsp3) is 0.150. The molecule has 2 aromatic carbocycles. The molecule has 0 saturated carbocycles. The molecule has 0 unspecified atom stereocenters. The summed E-state index contributed by atoms with van der Waals surface area (Å²) >= 11 is 2.50. The zero-order valence-electron chi connectivity index (χ0n) is 15.3. The second-order valence-corrected chi connectivity index (χ2v) is 7.90. The predicted molar refractivity (Wildman–Crippen MR) is 115 cm³/mol. The van der Waals surface area contributed by atoms with Gasteiger partial charge in [-0.2, -0.15) is 4.99 Å². The van der Waals surface area contributed by atoms with Gasteiger partial charge in [-0.3, -0.25) is 9.59 Å². The van der Waals surface area contributed by atoms with Gasteiger partial charge >= 0.3 is 0 Å². The highest BCUT2D eigenvalue weighted by atomic mass is 32.2. The van der Waals surface area contributed by atoms with Crippen molar-refractivity contribution in [3.8, 4) is 11.5 Å². The summed E-state index contributed by atoms with van der Waals surface area (Å²) in [4.78, 5) is 28.9. The third-order valence-electron chi connectivity index (χ3n) is 3.66. The normalized spacial score (nSPS) is 14.7. The van der Waals surface area contributed by atoms with E-state index in [1.165, 1.54) is 23.5 Å². The van der Waals surface area contributed by atoms with Crippen LogP contribution < -0.4 is 14.8 Å². The molecule has 6 nitrogen and oxygen atoms in total. The first-order valence-electron chi connectivity index (χ1n) is 8.30. The average molecular weight is 415 g/mol. The molecule has 0 saturated heterocycles. The molecule has 1 aliphatic rings. The molecule has 0 radical (unpaired) electrons. The van der Waals surface area contributed by atoms with Gasteiger partial charge in [-0.25, -0.2) is 0 Å². The summed E-state index contributed by atoms with van der Waals surface area (Å²) in [7, 11) is 3.09. The van der Waals surface area contributed by atoms with Gasteiger partial charge in [0.1, 0.15) is 15.9 Å². The summed E-state index contributed by atoms with van der Waals surface area (Å²) in [6, 6.07) is 14.7. The third kappa shape index (κ3) is 5.40. The van der Waals surface area contributed by atoms with E-state index in [2.05, 4.69) is 10.3 Å². The van der Waals surface area contributed by atoms with Gasteiger partial charge in [0.2, 0.25) is 5.91 Å². The van der Waals surface area contributed by atoms with Gasteiger partial charge in [0, 0.05) is 23.9 Å². The van der Waals surface area contributed by atoms with Crippen molar-refractivity contribution in [2.75, 3.05) is 25.3 Å². The highest BCUT2D eigenvalue weighted by molar-refractivity contribution is 8.41. The summed E-state index contributed by atoms with van der Waals surface area (Å²) < 4.78 is 10.9. The molecule has 8 heteroatoms. The minimum Gasteiger partial charge on any atom is -0.497 e. The number of methoxy groups -OCH3 is 2. The van der Waals surface area contributed by atoms with Gasteiger partial charge in [-0.1, -0.05) is 53.9 Å². The van der Waals surface area contributed by atoms with Crippen LogP contribution in [0.3, 0.4) is 0 Å². The van der Waals surface area contributed by atoms with E-state index >= 15 is 0 Å². The maximum Gasteiger partial charge on any atom is 0.285 e. The Kier molecular flexibility index (Phi) is 6.78. The summed E-state index contributed by atoms with van der Waals surface area (Å²) in [5.41, 5.74) is 1.51. The number of nitrogens with zero attached hydrogens (tertiary/aromatic N) is 1. The Morgan fingerprint density at radius 3 is 2.46 bits per heavy atom. The number of anilines is 1. The molecular formula is C20H18N2O4S2. The Morgan fingerprint density at radius 2 is 1.82 bits per heavy atom. The number of carbonyl (C=O) groups excluding carboxylic acids is 2. The van der Waals surface area contributed by atoms with Crippen molar-refractivity contribution < 1.29 is 19.1 Å². The Morgan fingerprint density at radius 1 is 1.14 bits per heavy atom. The molecule has 0 fully saturated rings. The zero-order valence-corrected chi connectivity index (χ0v) is 16.9. The maximum absolute atomic E-state index is 12.2. The molecule has 1 aliphatic heterocycles. The highest BCUT2D eigenvalue weighted by Gasteiger charge is 2.22. The Labute approximate surface area is 171 Å². The molecule has 28 heavy (non-hydrogen) atoms. The van der Waals surface area contributed by atoms with E-state index in [4.69, 9.17) is 9.47 Å². The molecule has 1 N–H and O–H groups in total. The number of benzene rings is 2. The zero-order chi connectivity index (χ0) is 19.9. The van der Waals surface area contributed by atoms with Crippen LogP contribution in [-0.2, 0) is 9.59 Å². The molecule has 0 spiro atoms. The standard InChI is InChI=1S/C20H18N2O4S2/c1-25-15-9-14(10-16(11-15)26-2)21-18(23)12-27-20-22-19(24)17(28-20)8-13-6-4-3-5-7-13/h3-11H,12H2,1-2H3,(H,21,23). The number of amides is 2. The lowest BCUT2D eigenvalue weighted by atomic mass is 10.2. The lowest BCUT2D eigenvalue weighted by molar-refractivity contribution is -0.114. The van der Waals surface area contributed by atoms with Crippen LogP contribution in [0, 0.1) is 0 Å². The quantitative estimate of drug-likeness (QED) is 0.719. The summed E-state index contributed by atoms with van der Waals surface area (Å²) in [5, 5.41) is 2.79. The van der Waals surface area contributed by atoms with Gasteiger partial charge in [0.15, 0.2) is 0 Å². The first-order valence-corrected chi connectivity index (χ1v) is 10.1. The van der Waals surface area contributed by atoms with Gasteiger partial charge in [-0.05, 0) is 11.6 Å². The van der Waals surface area contributed by atoms with Gasteiger partial charge in [0.05, 0.1) is 24.9 Å². The molecular weight excluding hydrogens is 396 g/mol. The minimum absolute atomic E-state index is 0.136. The maximum atomic E-state index is 12.2. The van der Waals surface area contributed by atoms with Crippen molar-refractivity contribution >= 4 is 51.5 Å². The first kappa shape index (κ1) is 20.0. The first-order chi connectivity index (χ1) is 13.6. The molecule has 2 aromatic rings. The van der Waals surface area contributed by atoms with Crippen LogP contribution in [0.5, 0.6) is 11.5 Å². The second-order valence-electron chi connectivity index (χ2n) is 5.64. The molecule has 1 heterocycles. The van der Waals surface area contributed by atoms with E-state index in [1.807, 2.05) is 30.3 Å². The molecule has 0 atom stereocenters.